The molecule has 9 heteroatoms. The molecule has 0 spiro atoms. The fourth-order valence-electron chi connectivity index (χ4n) is 2.35. The first-order chi connectivity index (χ1) is 13.0. The third kappa shape index (κ3) is 4.73. The summed E-state index contributed by atoms with van der Waals surface area (Å²) in [5, 5.41) is 3.01. The number of pyridine rings is 1. The van der Waals surface area contributed by atoms with Crippen LogP contribution < -0.4 is 5.32 Å². The maximum Gasteiger partial charge on any atom is 0.417 e. The fraction of sp³-hybridized carbons (Fsp3) is 0.333. The average Bonchev–Trinajstić information content (AvgIpc) is 3.11. The SMILES string of the molecule is CCCCC#Cc1nc(NCc2cncc(C(F)(F)F)c2)c2[nH]cnc2n1. The first kappa shape index (κ1) is 18.6. The van der Waals surface area contributed by atoms with Crippen LogP contribution in [0.15, 0.2) is 24.8 Å². The number of aromatic nitrogens is 5. The van der Waals surface area contributed by atoms with Gasteiger partial charge in [0.1, 0.15) is 5.52 Å². The second kappa shape index (κ2) is 8.03. The van der Waals surface area contributed by atoms with Crippen molar-refractivity contribution in [1.29, 1.82) is 0 Å². The lowest BCUT2D eigenvalue weighted by molar-refractivity contribution is -0.137. The molecule has 3 heterocycles. The zero-order chi connectivity index (χ0) is 19.3. The fourth-order valence-corrected chi connectivity index (χ4v) is 2.35. The summed E-state index contributed by atoms with van der Waals surface area (Å²) in [4.78, 5) is 19.3. The molecule has 3 aromatic rings. The molecule has 0 unspecified atom stereocenters. The summed E-state index contributed by atoms with van der Waals surface area (Å²) in [6, 6.07) is 1.05. The van der Waals surface area contributed by atoms with E-state index < -0.39 is 11.7 Å². The molecule has 6 nitrogen and oxygen atoms in total. The third-order valence-electron chi connectivity index (χ3n) is 3.72. The molecular formula is C18H17F3N6. The Morgan fingerprint density at radius 1 is 1.22 bits per heavy atom. The number of alkyl halides is 3. The van der Waals surface area contributed by atoms with E-state index in [-0.39, 0.29) is 6.54 Å². The van der Waals surface area contributed by atoms with Crippen molar-refractivity contribution in [3.05, 3.63) is 41.7 Å². The summed E-state index contributed by atoms with van der Waals surface area (Å²) < 4.78 is 38.4. The normalized spacial score (nSPS) is 11.3. The number of anilines is 1. The van der Waals surface area contributed by atoms with Crippen molar-refractivity contribution >= 4 is 17.0 Å². The van der Waals surface area contributed by atoms with Gasteiger partial charge in [-0.1, -0.05) is 19.3 Å². The van der Waals surface area contributed by atoms with Crippen molar-refractivity contribution in [2.75, 3.05) is 5.32 Å². The number of unbranched alkanes of at least 4 members (excludes halogenated alkanes) is 2. The van der Waals surface area contributed by atoms with E-state index >= 15 is 0 Å². The highest BCUT2D eigenvalue weighted by Crippen LogP contribution is 2.29. The molecule has 3 aromatic heterocycles. The Balaban J connectivity index is 1.82. The van der Waals surface area contributed by atoms with Crippen molar-refractivity contribution < 1.29 is 13.2 Å². The number of fused-ring (bicyclic) bond motifs is 1. The van der Waals surface area contributed by atoms with E-state index in [1.54, 1.807) is 0 Å². The Morgan fingerprint density at radius 2 is 2.07 bits per heavy atom. The van der Waals surface area contributed by atoms with Crippen molar-refractivity contribution in [1.82, 2.24) is 24.9 Å². The highest BCUT2D eigenvalue weighted by Gasteiger charge is 2.30. The molecule has 0 atom stereocenters. The number of halogens is 3. The van der Waals surface area contributed by atoms with Crippen LogP contribution in [-0.4, -0.2) is 24.9 Å². The van der Waals surface area contributed by atoms with E-state index in [1.165, 1.54) is 12.5 Å². The zero-order valence-corrected chi connectivity index (χ0v) is 14.6. The van der Waals surface area contributed by atoms with E-state index in [9.17, 15) is 13.2 Å². The van der Waals surface area contributed by atoms with Crippen LogP contribution in [0.5, 0.6) is 0 Å². The predicted molar refractivity (Wildman–Crippen MR) is 94.7 cm³/mol. The van der Waals surface area contributed by atoms with Gasteiger partial charge in [-0.05, 0) is 24.0 Å². The predicted octanol–water partition coefficient (Wildman–Crippen LogP) is 3.92. The topological polar surface area (TPSA) is 79.4 Å². The monoisotopic (exact) mass is 374 g/mol. The molecule has 0 aliphatic heterocycles. The largest absolute Gasteiger partial charge is 0.417 e. The van der Waals surface area contributed by atoms with E-state index in [0.29, 0.717) is 28.4 Å². The Hall–Kier alpha value is -3.15. The molecule has 140 valence electrons. The number of imidazole rings is 1. The number of nitrogens with one attached hydrogen (secondary N) is 2. The molecule has 0 aromatic carbocycles. The van der Waals surface area contributed by atoms with Gasteiger partial charge in [0, 0.05) is 25.4 Å². The van der Waals surface area contributed by atoms with Crippen LogP contribution in [0.1, 0.15) is 43.1 Å². The molecule has 0 saturated carbocycles. The molecule has 27 heavy (non-hydrogen) atoms. The lowest BCUT2D eigenvalue weighted by atomic mass is 10.2. The summed E-state index contributed by atoms with van der Waals surface area (Å²) >= 11 is 0. The number of hydrogen-bond donors (Lipinski definition) is 2. The van der Waals surface area contributed by atoms with Crippen molar-refractivity contribution in [3.8, 4) is 11.8 Å². The van der Waals surface area contributed by atoms with Gasteiger partial charge in [0.15, 0.2) is 11.5 Å². The smallest absolute Gasteiger partial charge is 0.364 e. The van der Waals surface area contributed by atoms with Crippen molar-refractivity contribution in [2.45, 2.75) is 38.9 Å². The highest BCUT2D eigenvalue weighted by molar-refractivity contribution is 5.82. The Morgan fingerprint density at radius 3 is 2.85 bits per heavy atom. The molecule has 0 saturated heterocycles. The van der Waals surface area contributed by atoms with E-state index in [0.717, 1.165) is 31.5 Å². The van der Waals surface area contributed by atoms with Gasteiger partial charge in [-0.3, -0.25) is 4.98 Å². The van der Waals surface area contributed by atoms with Crippen LogP contribution in [0.2, 0.25) is 0 Å². The average molecular weight is 374 g/mol. The number of H-pyrrole nitrogens is 1. The maximum absolute atomic E-state index is 12.8. The van der Waals surface area contributed by atoms with Gasteiger partial charge in [0.25, 0.3) is 0 Å². The molecule has 2 N–H and O–H groups in total. The minimum atomic E-state index is -4.43. The van der Waals surface area contributed by atoms with Gasteiger partial charge in [-0.2, -0.15) is 18.2 Å². The molecule has 0 bridgehead atoms. The second-order valence-electron chi connectivity index (χ2n) is 5.84. The number of hydrogen-bond acceptors (Lipinski definition) is 5. The van der Waals surface area contributed by atoms with E-state index in [2.05, 4.69) is 49.0 Å². The summed E-state index contributed by atoms with van der Waals surface area (Å²) in [7, 11) is 0. The third-order valence-corrected chi connectivity index (χ3v) is 3.72. The Bertz CT molecular complexity index is 984. The standard InChI is InChI=1S/C18H17F3N6/c1-2-3-4-5-6-14-26-16(15-17(27-14)25-11-24-15)23-9-12-7-13(10-22-8-12)18(19,20)21/h7-8,10-11H,2-4,9H2,1H3,(H2,23,24,25,26,27). The summed E-state index contributed by atoms with van der Waals surface area (Å²) in [5.41, 5.74) is 0.592. The van der Waals surface area contributed by atoms with Crippen LogP contribution in [0, 0.1) is 11.8 Å². The van der Waals surface area contributed by atoms with E-state index in [1.807, 2.05) is 0 Å². The van der Waals surface area contributed by atoms with Crippen molar-refractivity contribution in [2.24, 2.45) is 0 Å². The quantitative estimate of drug-likeness (QED) is 0.523. The minimum Gasteiger partial charge on any atom is -0.364 e. The number of nitrogens with zero attached hydrogens (tertiary/aromatic N) is 4. The van der Waals surface area contributed by atoms with Gasteiger partial charge in [0.2, 0.25) is 5.82 Å². The van der Waals surface area contributed by atoms with Gasteiger partial charge < -0.3 is 10.3 Å². The first-order valence-electron chi connectivity index (χ1n) is 8.42. The molecule has 0 radical (unpaired) electrons. The summed E-state index contributed by atoms with van der Waals surface area (Å²) in [6.45, 7) is 2.20. The van der Waals surface area contributed by atoms with Crippen LogP contribution >= 0.6 is 0 Å². The molecule has 0 aliphatic carbocycles. The highest BCUT2D eigenvalue weighted by atomic mass is 19.4. The molecular weight excluding hydrogens is 357 g/mol. The first-order valence-corrected chi connectivity index (χ1v) is 8.42. The summed E-state index contributed by atoms with van der Waals surface area (Å²) in [6.07, 6.45) is 2.00. The van der Waals surface area contributed by atoms with E-state index in [4.69, 9.17) is 0 Å². The Kier molecular flexibility index (Phi) is 5.54. The minimum absolute atomic E-state index is 0.116. The molecule has 0 amide bonds. The lowest BCUT2D eigenvalue weighted by Crippen LogP contribution is -2.09. The van der Waals surface area contributed by atoms with Crippen LogP contribution in [0.3, 0.4) is 0 Å². The van der Waals surface area contributed by atoms with Crippen LogP contribution in [-0.2, 0) is 12.7 Å². The Labute approximate surface area is 153 Å². The number of aromatic amines is 1. The number of rotatable bonds is 5. The molecule has 0 aliphatic rings. The summed E-state index contributed by atoms with van der Waals surface area (Å²) in [5.74, 6) is 6.65. The van der Waals surface area contributed by atoms with Gasteiger partial charge in [-0.25, -0.2) is 9.97 Å². The lowest BCUT2D eigenvalue weighted by Gasteiger charge is -2.10. The maximum atomic E-state index is 12.8. The van der Waals surface area contributed by atoms with Crippen LogP contribution in [0.4, 0.5) is 19.0 Å². The molecule has 3 rings (SSSR count). The van der Waals surface area contributed by atoms with Gasteiger partial charge >= 0.3 is 6.18 Å². The second-order valence-corrected chi connectivity index (χ2v) is 5.84. The van der Waals surface area contributed by atoms with Crippen LogP contribution in [0.25, 0.3) is 11.2 Å². The van der Waals surface area contributed by atoms with Gasteiger partial charge in [0.05, 0.1) is 11.9 Å². The van der Waals surface area contributed by atoms with Crippen molar-refractivity contribution in [3.63, 3.8) is 0 Å². The van der Waals surface area contributed by atoms with Gasteiger partial charge in [-0.15, -0.1) is 0 Å². The zero-order valence-electron chi connectivity index (χ0n) is 14.6. The molecule has 0 fully saturated rings.